The summed E-state index contributed by atoms with van der Waals surface area (Å²) in [6, 6.07) is 10.5. The molecule has 0 saturated heterocycles. The van der Waals surface area contributed by atoms with Crippen LogP contribution in [-0.4, -0.2) is 29.3 Å². The molecule has 2 aliphatic rings. The molecule has 2 bridgehead atoms. The largest absolute Gasteiger partial charge is 0.497 e. The molecule has 6 heteroatoms. The second kappa shape index (κ2) is 7.39. The monoisotopic (exact) mass is 365 g/mol. The van der Waals surface area contributed by atoms with Crippen LogP contribution in [0.1, 0.15) is 12.8 Å². The summed E-state index contributed by atoms with van der Waals surface area (Å²) in [5, 5.41) is 7.32. The summed E-state index contributed by atoms with van der Waals surface area (Å²) in [5.41, 5.74) is 1.16. The van der Waals surface area contributed by atoms with E-state index in [-0.39, 0.29) is 18.0 Å². The third-order valence-electron chi connectivity index (χ3n) is 5.50. The van der Waals surface area contributed by atoms with Crippen LogP contribution in [0.25, 0.3) is 11.3 Å². The van der Waals surface area contributed by atoms with Crippen molar-refractivity contribution in [1.29, 1.82) is 0 Å². The van der Waals surface area contributed by atoms with Crippen molar-refractivity contribution in [3.8, 4) is 17.0 Å². The minimum atomic E-state index is -0.292. The molecule has 6 nitrogen and oxygen atoms in total. The number of allylic oxidation sites excluding steroid dienone is 2. The van der Waals surface area contributed by atoms with E-state index in [2.05, 4.69) is 22.6 Å². The van der Waals surface area contributed by atoms with Gasteiger partial charge in [-0.1, -0.05) is 24.3 Å². The summed E-state index contributed by atoms with van der Waals surface area (Å²) >= 11 is 0. The predicted octanol–water partition coefficient (Wildman–Crippen LogP) is 2.25. The number of aromatic nitrogens is 2. The Hall–Kier alpha value is -2.89. The van der Waals surface area contributed by atoms with Crippen molar-refractivity contribution in [2.45, 2.75) is 19.4 Å². The van der Waals surface area contributed by atoms with Gasteiger partial charge in [0.2, 0.25) is 5.91 Å². The Bertz CT molecular complexity index is 934. The number of carbonyl (C=O) groups excluding carboxylic acids is 1. The van der Waals surface area contributed by atoms with Gasteiger partial charge in [0.05, 0.1) is 12.8 Å². The quantitative estimate of drug-likeness (QED) is 0.797. The van der Waals surface area contributed by atoms with Gasteiger partial charge in [-0.3, -0.25) is 9.59 Å². The molecule has 140 valence electrons. The summed E-state index contributed by atoms with van der Waals surface area (Å²) in [6.45, 7) is 0.585. The van der Waals surface area contributed by atoms with Gasteiger partial charge in [-0.05, 0) is 48.8 Å². The summed E-state index contributed by atoms with van der Waals surface area (Å²) in [7, 11) is 1.60. The first kappa shape index (κ1) is 17.5. The van der Waals surface area contributed by atoms with Gasteiger partial charge in [0, 0.05) is 18.2 Å². The first-order valence-corrected chi connectivity index (χ1v) is 9.30. The van der Waals surface area contributed by atoms with Gasteiger partial charge in [-0.2, -0.15) is 5.10 Å². The second-order valence-electron chi connectivity index (χ2n) is 7.29. The first-order valence-electron chi connectivity index (χ1n) is 9.30. The fraction of sp³-hybridized carbons (Fsp3) is 0.381. The van der Waals surface area contributed by atoms with Crippen molar-refractivity contribution >= 4 is 5.91 Å². The maximum Gasteiger partial charge on any atom is 0.267 e. The first-order chi connectivity index (χ1) is 13.1. The maximum absolute atomic E-state index is 12.3. The van der Waals surface area contributed by atoms with Crippen LogP contribution < -0.4 is 15.6 Å². The van der Waals surface area contributed by atoms with E-state index in [4.69, 9.17) is 4.74 Å². The number of methoxy groups -OCH3 is 1. The third-order valence-corrected chi connectivity index (χ3v) is 5.50. The van der Waals surface area contributed by atoms with Crippen LogP contribution in [-0.2, 0) is 11.3 Å². The maximum atomic E-state index is 12.3. The normalized spacial score (nSPS) is 22.8. The standard InChI is InChI=1S/C21H23N3O3/c1-27-18-4-2-3-16(11-18)19-7-8-21(26)24(23-19)13-20(25)22-12-17-10-14-5-6-15(17)9-14/h2-8,11,14-15,17H,9-10,12-13H2,1H3,(H,22,25)/t14-,15+,17+/m0/s1. The van der Waals surface area contributed by atoms with Gasteiger partial charge in [-0.25, -0.2) is 4.68 Å². The van der Waals surface area contributed by atoms with Crippen LogP contribution in [0.15, 0.2) is 53.3 Å². The topological polar surface area (TPSA) is 73.2 Å². The Balaban J connectivity index is 1.42. The SMILES string of the molecule is COc1cccc(-c2ccc(=O)n(CC(=O)NC[C@H]3C[C@H]4C=C[C@@H]3C4)n2)c1. The molecule has 0 unspecified atom stereocenters. The third kappa shape index (κ3) is 3.79. The van der Waals surface area contributed by atoms with Gasteiger partial charge >= 0.3 is 0 Å². The van der Waals surface area contributed by atoms with Crippen LogP contribution in [0.2, 0.25) is 0 Å². The number of ether oxygens (including phenoxy) is 1. The average molecular weight is 365 g/mol. The lowest BCUT2D eigenvalue weighted by Gasteiger charge is -2.18. The summed E-state index contributed by atoms with van der Waals surface area (Å²) in [5.74, 6) is 2.31. The zero-order chi connectivity index (χ0) is 18.8. The van der Waals surface area contributed by atoms with Crippen LogP contribution in [0.5, 0.6) is 5.75 Å². The average Bonchev–Trinajstić information content (AvgIpc) is 3.31. The molecule has 1 amide bonds. The molecule has 1 heterocycles. The number of nitrogens with zero attached hydrogens (tertiary/aromatic N) is 2. The van der Waals surface area contributed by atoms with Crippen molar-refractivity contribution in [3.63, 3.8) is 0 Å². The zero-order valence-electron chi connectivity index (χ0n) is 15.3. The highest BCUT2D eigenvalue weighted by Gasteiger charge is 2.35. The minimum absolute atomic E-state index is 0.0761. The fourth-order valence-corrected chi connectivity index (χ4v) is 4.06. The van der Waals surface area contributed by atoms with E-state index >= 15 is 0 Å². The van der Waals surface area contributed by atoms with E-state index in [1.54, 1.807) is 13.2 Å². The molecule has 1 fully saturated rings. The lowest BCUT2D eigenvalue weighted by molar-refractivity contribution is -0.122. The molecule has 27 heavy (non-hydrogen) atoms. The number of amides is 1. The van der Waals surface area contributed by atoms with E-state index in [0.717, 1.165) is 12.0 Å². The molecule has 2 aliphatic carbocycles. The number of rotatable bonds is 6. The zero-order valence-corrected chi connectivity index (χ0v) is 15.3. The molecular weight excluding hydrogens is 342 g/mol. The molecule has 1 N–H and O–H groups in total. The molecule has 2 aromatic rings. The fourth-order valence-electron chi connectivity index (χ4n) is 4.06. The number of fused-ring (bicyclic) bond motifs is 2. The molecule has 1 aromatic heterocycles. The Kier molecular flexibility index (Phi) is 4.79. The van der Waals surface area contributed by atoms with Gasteiger partial charge in [0.1, 0.15) is 12.3 Å². The highest BCUT2D eigenvalue weighted by molar-refractivity contribution is 5.75. The number of carbonyl (C=O) groups is 1. The van der Waals surface area contributed by atoms with Crippen molar-refractivity contribution < 1.29 is 9.53 Å². The Morgan fingerprint density at radius 3 is 2.89 bits per heavy atom. The van der Waals surface area contributed by atoms with E-state index in [9.17, 15) is 9.59 Å². The Labute approximate surface area is 157 Å². The van der Waals surface area contributed by atoms with Crippen LogP contribution in [0, 0.1) is 17.8 Å². The summed E-state index contributed by atoms with van der Waals surface area (Å²) in [6.07, 6.45) is 6.92. The van der Waals surface area contributed by atoms with Crippen LogP contribution in [0.3, 0.4) is 0 Å². The van der Waals surface area contributed by atoms with Crippen molar-refractivity contribution in [1.82, 2.24) is 15.1 Å². The Morgan fingerprint density at radius 1 is 1.26 bits per heavy atom. The van der Waals surface area contributed by atoms with Crippen LogP contribution in [0.4, 0.5) is 0 Å². The van der Waals surface area contributed by atoms with Crippen molar-refractivity contribution in [2.75, 3.05) is 13.7 Å². The minimum Gasteiger partial charge on any atom is -0.497 e. The smallest absolute Gasteiger partial charge is 0.267 e. The highest BCUT2D eigenvalue weighted by Crippen LogP contribution is 2.42. The van der Waals surface area contributed by atoms with E-state index in [0.29, 0.717) is 35.7 Å². The van der Waals surface area contributed by atoms with Crippen molar-refractivity contribution in [2.24, 2.45) is 17.8 Å². The van der Waals surface area contributed by atoms with Gasteiger partial charge in [0.25, 0.3) is 5.56 Å². The number of benzene rings is 1. The molecular formula is C21H23N3O3. The lowest BCUT2D eigenvalue weighted by Crippen LogP contribution is -2.36. The number of hydrogen-bond acceptors (Lipinski definition) is 4. The second-order valence-corrected chi connectivity index (χ2v) is 7.29. The molecule has 1 saturated carbocycles. The highest BCUT2D eigenvalue weighted by atomic mass is 16.5. The van der Waals surface area contributed by atoms with E-state index < -0.39 is 0 Å². The van der Waals surface area contributed by atoms with Gasteiger partial charge < -0.3 is 10.1 Å². The van der Waals surface area contributed by atoms with Gasteiger partial charge in [-0.15, -0.1) is 0 Å². The number of nitrogens with one attached hydrogen (secondary N) is 1. The molecule has 4 rings (SSSR count). The molecule has 0 radical (unpaired) electrons. The van der Waals surface area contributed by atoms with Crippen molar-refractivity contribution in [3.05, 3.63) is 58.9 Å². The van der Waals surface area contributed by atoms with Crippen LogP contribution >= 0.6 is 0 Å². The molecule has 1 aromatic carbocycles. The van der Waals surface area contributed by atoms with Gasteiger partial charge in [0.15, 0.2) is 0 Å². The summed E-state index contributed by atoms with van der Waals surface area (Å²) < 4.78 is 6.44. The molecule has 0 spiro atoms. The number of hydrogen-bond donors (Lipinski definition) is 1. The molecule has 0 aliphatic heterocycles. The Morgan fingerprint density at radius 2 is 2.15 bits per heavy atom. The summed E-state index contributed by atoms with van der Waals surface area (Å²) in [4.78, 5) is 24.4. The molecule has 3 atom stereocenters. The predicted molar refractivity (Wildman–Crippen MR) is 102 cm³/mol. The van der Waals surface area contributed by atoms with E-state index in [1.807, 2.05) is 24.3 Å². The lowest BCUT2D eigenvalue weighted by atomic mass is 9.94. The van der Waals surface area contributed by atoms with E-state index in [1.165, 1.54) is 17.2 Å².